The van der Waals surface area contributed by atoms with Crippen molar-refractivity contribution in [1.82, 2.24) is 15.0 Å². The third-order valence-electron chi connectivity index (χ3n) is 4.80. The Morgan fingerprint density at radius 3 is 2.41 bits per heavy atom. The first-order valence-electron chi connectivity index (χ1n) is 9.87. The van der Waals surface area contributed by atoms with Crippen molar-refractivity contribution in [3.63, 3.8) is 0 Å². The van der Waals surface area contributed by atoms with E-state index in [0.717, 1.165) is 24.5 Å². The smallest absolute Gasteiger partial charge is 0.323 e. The molecule has 166 valence electrons. The van der Waals surface area contributed by atoms with E-state index in [4.69, 9.17) is 22.1 Å². The number of thioether (sulfide) groups is 1. The predicted octanol–water partition coefficient (Wildman–Crippen LogP) is 3.98. The minimum atomic E-state index is -0.369. The monoisotopic (exact) mass is 471 g/mol. The minimum Gasteiger partial charge on any atom is -0.383 e. The zero-order valence-corrected chi connectivity index (χ0v) is 18.9. The van der Waals surface area contributed by atoms with E-state index in [1.165, 1.54) is 11.8 Å². The molecule has 1 aliphatic heterocycles. The number of morpholine rings is 1. The largest absolute Gasteiger partial charge is 0.383 e. The molecule has 0 aliphatic carbocycles. The highest BCUT2D eigenvalue weighted by molar-refractivity contribution is 7.98. The number of pyridine rings is 1. The molecule has 32 heavy (non-hydrogen) atoms. The highest BCUT2D eigenvalue weighted by atomic mass is 35.5. The van der Waals surface area contributed by atoms with E-state index in [1.54, 1.807) is 30.5 Å². The molecule has 0 atom stereocenters. The molecule has 1 fully saturated rings. The minimum absolute atomic E-state index is 0.315. The number of halogens is 1. The van der Waals surface area contributed by atoms with Crippen LogP contribution < -0.4 is 21.3 Å². The van der Waals surface area contributed by atoms with Gasteiger partial charge < -0.3 is 26.0 Å². The SMILES string of the molecule is CSc1c(N)nc(-c2ccc(NC(=O)Nc3ccc(N4CCOCC4)nc3)cc2)nc1Cl. The van der Waals surface area contributed by atoms with Gasteiger partial charge in [-0.25, -0.2) is 19.7 Å². The highest BCUT2D eigenvalue weighted by Gasteiger charge is 2.13. The summed E-state index contributed by atoms with van der Waals surface area (Å²) in [6.45, 7) is 3.00. The number of carbonyl (C=O) groups is 1. The van der Waals surface area contributed by atoms with E-state index in [9.17, 15) is 4.79 Å². The quantitative estimate of drug-likeness (QED) is 0.377. The Kier molecular flexibility index (Phi) is 6.93. The van der Waals surface area contributed by atoms with Crippen LogP contribution in [0.4, 0.5) is 27.8 Å². The number of ether oxygens (including phenoxy) is 1. The summed E-state index contributed by atoms with van der Waals surface area (Å²) in [7, 11) is 0. The van der Waals surface area contributed by atoms with Crippen molar-refractivity contribution in [2.24, 2.45) is 0 Å². The highest BCUT2D eigenvalue weighted by Crippen LogP contribution is 2.31. The number of anilines is 4. The Morgan fingerprint density at radius 2 is 1.78 bits per heavy atom. The molecule has 0 spiro atoms. The van der Waals surface area contributed by atoms with Crippen LogP contribution in [0.1, 0.15) is 0 Å². The van der Waals surface area contributed by atoms with Crippen molar-refractivity contribution in [2.75, 3.05) is 53.8 Å². The maximum absolute atomic E-state index is 12.3. The van der Waals surface area contributed by atoms with Crippen LogP contribution in [0.15, 0.2) is 47.5 Å². The van der Waals surface area contributed by atoms with Crippen LogP contribution in [0.5, 0.6) is 0 Å². The summed E-state index contributed by atoms with van der Waals surface area (Å²) in [6.07, 6.45) is 3.50. The maximum Gasteiger partial charge on any atom is 0.323 e. The van der Waals surface area contributed by atoms with Crippen molar-refractivity contribution in [2.45, 2.75) is 4.90 Å². The van der Waals surface area contributed by atoms with Crippen LogP contribution in [-0.2, 0) is 4.74 Å². The molecule has 9 nitrogen and oxygen atoms in total. The van der Waals surface area contributed by atoms with Gasteiger partial charge in [0.25, 0.3) is 0 Å². The molecule has 0 radical (unpaired) electrons. The van der Waals surface area contributed by atoms with Gasteiger partial charge in [-0.3, -0.25) is 0 Å². The van der Waals surface area contributed by atoms with Crippen LogP contribution in [0.25, 0.3) is 11.4 Å². The number of rotatable bonds is 5. The van der Waals surface area contributed by atoms with Crippen LogP contribution in [0.3, 0.4) is 0 Å². The van der Waals surface area contributed by atoms with E-state index >= 15 is 0 Å². The number of amides is 2. The zero-order chi connectivity index (χ0) is 22.5. The van der Waals surface area contributed by atoms with Crippen molar-refractivity contribution >= 4 is 52.4 Å². The number of hydrogen-bond acceptors (Lipinski definition) is 8. The Balaban J connectivity index is 1.37. The van der Waals surface area contributed by atoms with Gasteiger partial charge in [-0.1, -0.05) is 11.6 Å². The number of nitrogen functional groups attached to an aromatic ring is 1. The molecule has 1 aliphatic rings. The standard InChI is InChI=1S/C21H22ClN7O2S/c1-32-17-18(22)27-20(28-19(17)23)13-2-4-14(5-3-13)25-21(30)26-15-6-7-16(24-12-15)29-8-10-31-11-9-29/h2-7,12H,8-11H2,1H3,(H2,23,27,28)(H2,25,26,30). The molecule has 1 saturated heterocycles. The molecule has 0 saturated carbocycles. The average molecular weight is 472 g/mol. The van der Waals surface area contributed by atoms with Gasteiger partial charge >= 0.3 is 6.03 Å². The lowest BCUT2D eigenvalue weighted by Gasteiger charge is -2.27. The summed E-state index contributed by atoms with van der Waals surface area (Å²) in [5.41, 5.74) is 7.91. The second-order valence-electron chi connectivity index (χ2n) is 6.92. The molecule has 4 N–H and O–H groups in total. The second kappa shape index (κ2) is 10.0. The van der Waals surface area contributed by atoms with Crippen molar-refractivity contribution in [1.29, 1.82) is 0 Å². The summed E-state index contributed by atoms with van der Waals surface area (Å²) in [6, 6.07) is 10.4. The number of carbonyl (C=O) groups excluding carboxylic acids is 1. The number of nitrogens with one attached hydrogen (secondary N) is 2. The summed E-state index contributed by atoms with van der Waals surface area (Å²) in [4.78, 5) is 28.2. The number of aromatic nitrogens is 3. The fourth-order valence-corrected chi connectivity index (χ4v) is 4.07. The molecule has 0 unspecified atom stereocenters. The lowest BCUT2D eigenvalue weighted by Crippen LogP contribution is -2.36. The Hall–Kier alpha value is -3.08. The van der Waals surface area contributed by atoms with E-state index in [1.807, 2.05) is 18.4 Å². The van der Waals surface area contributed by atoms with Gasteiger partial charge in [-0.05, 0) is 42.7 Å². The van der Waals surface area contributed by atoms with E-state index in [0.29, 0.717) is 46.3 Å². The molecular weight excluding hydrogens is 450 g/mol. The van der Waals surface area contributed by atoms with Gasteiger partial charge in [0.05, 0.1) is 30.0 Å². The predicted molar refractivity (Wildman–Crippen MR) is 129 cm³/mol. The molecule has 4 rings (SSSR count). The van der Waals surface area contributed by atoms with Crippen molar-refractivity contribution in [3.05, 3.63) is 47.7 Å². The Morgan fingerprint density at radius 1 is 1.09 bits per heavy atom. The van der Waals surface area contributed by atoms with Crippen LogP contribution in [0, 0.1) is 0 Å². The molecular formula is C21H22ClN7O2S. The summed E-state index contributed by atoms with van der Waals surface area (Å²) < 4.78 is 5.35. The van der Waals surface area contributed by atoms with Crippen LogP contribution in [0.2, 0.25) is 5.15 Å². The van der Waals surface area contributed by atoms with Gasteiger partial charge in [0.2, 0.25) is 0 Å². The number of urea groups is 1. The molecule has 0 bridgehead atoms. The number of benzene rings is 1. The molecule has 1 aromatic carbocycles. The van der Waals surface area contributed by atoms with Gasteiger partial charge in [0.15, 0.2) is 5.82 Å². The first-order chi connectivity index (χ1) is 15.5. The number of nitrogens with zero attached hydrogens (tertiary/aromatic N) is 4. The van der Waals surface area contributed by atoms with Gasteiger partial charge in [0, 0.05) is 24.3 Å². The lowest BCUT2D eigenvalue weighted by atomic mass is 10.2. The zero-order valence-electron chi connectivity index (χ0n) is 17.3. The van der Waals surface area contributed by atoms with Gasteiger partial charge in [-0.2, -0.15) is 0 Å². The van der Waals surface area contributed by atoms with Crippen LogP contribution >= 0.6 is 23.4 Å². The van der Waals surface area contributed by atoms with Crippen molar-refractivity contribution < 1.29 is 9.53 Å². The van der Waals surface area contributed by atoms with E-state index < -0.39 is 0 Å². The number of nitrogens with two attached hydrogens (primary N) is 1. The summed E-state index contributed by atoms with van der Waals surface area (Å²) in [5, 5.41) is 5.88. The maximum atomic E-state index is 12.3. The Bertz CT molecular complexity index is 1070. The van der Waals surface area contributed by atoms with E-state index in [-0.39, 0.29) is 6.03 Å². The lowest BCUT2D eigenvalue weighted by molar-refractivity contribution is 0.122. The topological polar surface area (TPSA) is 118 Å². The average Bonchev–Trinajstić information content (AvgIpc) is 2.80. The first kappa shape index (κ1) is 22.1. The fraction of sp³-hybridized carbons (Fsp3) is 0.238. The Labute approximate surface area is 194 Å². The fourth-order valence-electron chi connectivity index (χ4n) is 3.19. The normalized spacial score (nSPS) is 13.6. The third kappa shape index (κ3) is 5.21. The van der Waals surface area contributed by atoms with Gasteiger partial charge in [-0.15, -0.1) is 11.8 Å². The second-order valence-corrected chi connectivity index (χ2v) is 8.09. The number of hydrogen-bond donors (Lipinski definition) is 3. The summed E-state index contributed by atoms with van der Waals surface area (Å²) >= 11 is 7.58. The summed E-state index contributed by atoms with van der Waals surface area (Å²) in [5.74, 6) is 1.62. The molecule has 11 heteroatoms. The third-order valence-corrected chi connectivity index (χ3v) is 5.99. The molecule has 2 aromatic heterocycles. The molecule has 2 amide bonds. The molecule has 3 aromatic rings. The van der Waals surface area contributed by atoms with E-state index in [2.05, 4.69) is 30.5 Å². The van der Waals surface area contributed by atoms with Gasteiger partial charge in [0.1, 0.15) is 16.8 Å². The van der Waals surface area contributed by atoms with Crippen LogP contribution in [-0.4, -0.2) is 53.5 Å². The van der Waals surface area contributed by atoms with Crippen molar-refractivity contribution in [3.8, 4) is 11.4 Å². The first-order valence-corrected chi connectivity index (χ1v) is 11.5. The molecule has 3 heterocycles.